The summed E-state index contributed by atoms with van der Waals surface area (Å²) in [6.07, 6.45) is 5.38. The first-order valence-corrected chi connectivity index (χ1v) is 17.2. The maximum Gasteiger partial charge on any atom is 0.323 e. The lowest BCUT2D eigenvalue weighted by Gasteiger charge is -2.45. The Kier molecular flexibility index (Phi) is 8.05. The SMILES string of the molecule is Cc1cc(C(=O)N(CC(=O)O)CC(=O)O)ccc1C1c2ccc(N(C)c3ccc(O)cc3)cc2[Si](C)(C)C2=CC(=O)C=CC21. The minimum atomic E-state index is -2.32. The summed E-state index contributed by atoms with van der Waals surface area (Å²) >= 11 is 0. The Balaban J connectivity index is 1.60. The van der Waals surface area contributed by atoms with Gasteiger partial charge in [-0.05, 0) is 89.5 Å². The lowest BCUT2D eigenvalue weighted by molar-refractivity contribution is -0.140. The van der Waals surface area contributed by atoms with Crippen molar-refractivity contribution in [3.63, 3.8) is 0 Å². The Bertz CT molecular complexity index is 1730. The highest BCUT2D eigenvalue weighted by atomic mass is 28.3. The Labute approximate surface area is 256 Å². The van der Waals surface area contributed by atoms with Gasteiger partial charge in [0.25, 0.3) is 5.91 Å². The van der Waals surface area contributed by atoms with Crippen LogP contribution in [0.1, 0.15) is 33.0 Å². The third-order valence-electron chi connectivity index (χ3n) is 8.67. The van der Waals surface area contributed by atoms with Gasteiger partial charge in [0.05, 0.1) is 0 Å². The highest BCUT2D eigenvalue weighted by Crippen LogP contribution is 2.47. The predicted octanol–water partition coefficient (Wildman–Crippen LogP) is 4.36. The molecule has 0 fully saturated rings. The molecule has 1 amide bonds. The molecule has 226 valence electrons. The van der Waals surface area contributed by atoms with E-state index >= 15 is 0 Å². The molecule has 1 aliphatic heterocycles. The molecule has 3 aromatic carbocycles. The maximum atomic E-state index is 13.2. The number of aliphatic carboxylic acids is 2. The second kappa shape index (κ2) is 11.6. The second-order valence-electron chi connectivity index (χ2n) is 11.9. The first-order valence-electron chi connectivity index (χ1n) is 14.2. The number of phenols is 1. The Hall–Kier alpha value is -4.96. The molecule has 44 heavy (non-hydrogen) atoms. The van der Waals surface area contributed by atoms with Crippen LogP contribution in [-0.4, -0.2) is 72.1 Å². The number of hydrogen-bond acceptors (Lipinski definition) is 6. The first kappa shape index (κ1) is 30.5. The van der Waals surface area contributed by atoms with Crippen LogP contribution in [0.25, 0.3) is 0 Å². The van der Waals surface area contributed by atoms with Crippen LogP contribution < -0.4 is 10.1 Å². The first-order chi connectivity index (χ1) is 20.8. The Morgan fingerprint density at radius 2 is 1.48 bits per heavy atom. The number of carbonyl (C=O) groups excluding carboxylic acids is 2. The molecule has 3 aromatic rings. The number of benzene rings is 3. The van der Waals surface area contributed by atoms with Crippen LogP contribution in [0.2, 0.25) is 13.1 Å². The average molecular weight is 611 g/mol. The molecule has 1 heterocycles. The van der Waals surface area contributed by atoms with Crippen LogP contribution in [0.5, 0.6) is 5.75 Å². The fraction of sp³-hybridized carbons (Fsp3) is 0.235. The minimum absolute atomic E-state index is 0.0361. The smallest absolute Gasteiger partial charge is 0.323 e. The van der Waals surface area contributed by atoms with Gasteiger partial charge in [-0.3, -0.25) is 19.2 Å². The number of hydrogen-bond donors (Lipinski definition) is 3. The van der Waals surface area contributed by atoms with Gasteiger partial charge < -0.3 is 25.1 Å². The van der Waals surface area contributed by atoms with E-state index in [1.165, 1.54) is 5.19 Å². The van der Waals surface area contributed by atoms with Crippen LogP contribution in [-0.2, 0) is 14.4 Å². The van der Waals surface area contributed by atoms with Crippen molar-refractivity contribution in [2.75, 3.05) is 25.0 Å². The molecule has 0 bridgehead atoms. The molecular formula is C34H34N2O7Si. The van der Waals surface area contributed by atoms with E-state index in [2.05, 4.69) is 36.2 Å². The van der Waals surface area contributed by atoms with Crippen LogP contribution in [0.15, 0.2) is 84.1 Å². The number of carboxylic acid groups (broad SMARTS) is 2. The van der Waals surface area contributed by atoms with Crippen LogP contribution in [0, 0.1) is 12.8 Å². The van der Waals surface area contributed by atoms with E-state index in [-0.39, 0.29) is 28.9 Å². The number of anilines is 2. The monoisotopic (exact) mass is 610 g/mol. The number of nitrogens with zero attached hydrogens (tertiary/aromatic N) is 2. The number of aromatic hydroxyl groups is 1. The number of fused-ring (bicyclic) bond motifs is 2. The molecule has 2 atom stereocenters. The van der Waals surface area contributed by atoms with E-state index in [9.17, 15) is 34.5 Å². The number of aryl methyl sites for hydroxylation is 1. The number of rotatable bonds is 8. The van der Waals surface area contributed by atoms with Crippen LogP contribution in [0.3, 0.4) is 0 Å². The molecule has 0 saturated heterocycles. The normalized spacial score (nSPS) is 18.1. The third kappa shape index (κ3) is 5.68. The highest BCUT2D eigenvalue weighted by Gasteiger charge is 2.46. The van der Waals surface area contributed by atoms with Crippen molar-refractivity contribution >= 4 is 48.3 Å². The minimum Gasteiger partial charge on any atom is -0.508 e. The predicted molar refractivity (Wildman–Crippen MR) is 170 cm³/mol. The zero-order valence-electron chi connectivity index (χ0n) is 24.9. The molecule has 0 saturated carbocycles. The van der Waals surface area contributed by atoms with Crippen molar-refractivity contribution in [3.05, 3.63) is 106 Å². The van der Waals surface area contributed by atoms with E-state index in [0.29, 0.717) is 0 Å². The van der Waals surface area contributed by atoms with Crippen LogP contribution in [0.4, 0.5) is 11.4 Å². The van der Waals surface area contributed by atoms with Gasteiger partial charge in [0, 0.05) is 35.8 Å². The number of carboxylic acids is 2. The lowest BCUT2D eigenvalue weighted by Crippen LogP contribution is -2.54. The standard InChI is InChI=1S/C34H34N2O7Si/c1-20-15-21(34(43)36(18-31(39)40)19-32(41)42)5-12-26(20)33-27-13-8-23(35(2)22-6-9-24(37)10-7-22)16-29(27)44(3,4)30-17-25(38)11-14-28(30)33/h5-17,28,33,37H,18-19H2,1-4H3,(H,39,40)(H,41,42). The second-order valence-corrected chi connectivity index (χ2v) is 16.2. The summed E-state index contributed by atoms with van der Waals surface area (Å²) in [6.45, 7) is 4.95. The van der Waals surface area contributed by atoms with Gasteiger partial charge in [0.15, 0.2) is 5.78 Å². The van der Waals surface area contributed by atoms with E-state index in [1.54, 1.807) is 36.4 Å². The van der Waals surface area contributed by atoms with Crippen molar-refractivity contribution < 1.29 is 34.5 Å². The molecule has 0 spiro atoms. The van der Waals surface area contributed by atoms with Gasteiger partial charge in [-0.15, -0.1) is 0 Å². The summed E-state index contributed by atoms with van der Waals surface area (Å²) in [4.78, 5) is 51.3. The average Bonchev–Trinajstić information content (AvgIpc) is 2.97. The van der Waals surface area contributed by atoms with Crippen molar-refractivity contribution in [1.29, 1.82) is 0 Å². The number of allylic oxidation sites excluding steroid dienone is 4. The van der Waals surface area contributed by atoms with E-state index in [1.807, 2.05) is 38.2 Å². The lowest BCUT2D eigenvalue weighted by atomic mass is 9.76. The molecule has 1 aliphatic carbocycles. The molecule has 0 aromatic heterocycles. The van der Waals surface area contributed by atoms with Gasteiger partial charge in [-0.25, -0.2) is 0 Å². The summed E-state index contributed by atoms with van der Waals surface area (Å²) < 4.78 is 0. The quantitative estimate of drug-likeness (QED) is 0.320. The third-order valence-corrected chi connectivity index (χ3v) is 12.4. The van der Waals surface area contributed by atoms with E-state index < -0.39 is 39.0 Å². The van der Waals surface area contributed by atoms with E-state index in [4.69, 9.17) is 0 Å². The summed E-state index contributed by atoms with van der Waals surface area (Å²) in [6, 6.07) is 18.6. The number of ketones is 1. The van der Waals surface area contributed by atoms with Crippen molar-refractivity contribution in [2.45, 2.75) is 25.9 Å². The van der Waals surface area contributed by atoms with E-state index in [0.717, 1.165) is 38.2 Å². The summed E-state index contributed by atoms with van der Waals surface area (Å²) in [5.41, 5.74) is 5.00. The molecule has 5 rings (SSSR count). The molecule has 3 N–H and O–H groups in total. The molecular weight excluding hydrogens is 576 g/mol. The maximum absolute atomic E-state index is 13.2. The molecule has 10 heteroatoms. The van der Waals surface area contributed by atoms with Crippen molar-refractivity contribution in [3.8, 4) is 5.75 Å². The molecule has 0 radical (unpaired) electrons. The van der Waals surface area contributed by atoms with Gasteiger partial charge in [-0.2, -0.15) is 0 Å². The zero-order chi connectivity index (χ0) is 31.9. The van der Waals surface area contributed by atoms with Crippen molar-refractivity contribution in [2.24, 2.45) is 5.92 Å². The fourth-order valence-electron chi connectivity index (χ4n) is 6.45. The van der Waals surface area contributed by atoms with Crippen LogP contribution >= 0.6 is 0 Å². The van der Waals surface area contributed by atoms with Crippen molar-refractivity contribution in [1.82, 2.24) is 4.90 Å². The summed E-state index contributed by atoms with van der Waals surface area (Å²) in [7, 11) is -0.351. The number of amides is 1. The van der Waals surface area contributed by atoms with Gasteiger partial charge in [-0.1, -0.05) is 36.5 Å². The highest BCUT2D eigenvalue weighted by molar-refractivity contribution is 6.96. The Morgan fingerprint density at radius 3 is 2.09 bits per heavy atom. The topological polar surface area (TPSA) is 135 Å². The number of phenolic OH excluding ortho intramolecular Hbond substituents is 1. The zero-order valence-corrected chi connectivity index (χ0v) is 25.9. The van der Waals surface area contributed by atoms with Gasteiger partial charge in [0.1, 0.15) is 26.9 Å². The van der Waals surface area contributed by atoms with Gasteiger partial charge in [0.2, 0.25) is 0 Å². The fourth-order valence-corrected chi connectivity index (χ4v) is 9.83. The molecule has 2 aliphatic rings. The molecule has 2 unspecified atom stereocenters. The molecule has 9 nitrogen and oxygen atoms in total. The summed E-state index contributed by atoms with van der Waals surface area (Å²) in [5, 5.41) is 30.5. The number of carbonyl (C=O) groups is 4. The largest absolute Gasteiger partial charge is 0.508 e. The summed E-state index contributed by atoms with van der Waals surface area (Å²) in [5.74, 6) is -3.32. The van der Waals surface area contributed by atoms with Gasteiger partial charge >= 0.3 is 11.9 Å². The Morgan fingerprint density at radius 1 is 0.864 bits per heavy atom.